The normalized spacial score (nSPS) is 19.7. The number of carbonyl (C=O) groups excluding carboxylic acids is 6. The predicted octanol–water partition coefficient (Wildman–Crippen LogP) is 13.2. The number of esters is 1. The molecule has 1 aliphatic heterocycles. The van der Waals surface area contributed by atoms with Gasteiger partial charge in [-0.3, -0.25) is 54.4 Å². The molecule has 11 aromatic rings. The summed E-state index contributed by atoms with van der Waals surface area (Å²) in [7, 11) is 0. The van der Waals surface area contributed by atoms with Crippen LogP contribution in [0.25, 0.3) is 44.0 Å². The highest BCUT2D eigenvalue weighted by Crippen LogP contribution is 2.58. The van der Waals surface area contributed by atoms with E-state index in [0.717, 1.165) is 107 Å². The summed E-state index contributed by atoms with van der Waals surface area (Å²) in [5, 5.41) is 52.2. The number of hydrogen-bond donors (Lipinski definition) is 8. The van der Waals surface area contributed by atoms with Gasteiger partial charge in [-0.1, -0.05) is 133 Å². The first kappa shape index (κ1) is 76.7. The summed E-state index contributed by atoms with van der Waals surface area (Å²) in [5.41, 5.74) is 15.1. The molecule has 23 nitrogen and oxygen atoms in total. The number of nitrogens with zero attached hydrogens (tertiary/aromatic N) is 5. The number of hydrogen-bond acceptors (Lipinski definition) is 18. The van der Waals surface area contributed by atoms with Crippen LogP contribution < -0.4 is 36.0 Å². The number of pyridine rings is 3. The van der Waals surface area contributed by atoms with Gasteiger partial charge in [0.1, 0.15) is 37.1 Å². The number of nitriles is 1. The Morgan fingerprint density at radius 3 is 1.50 bits per heavy atom. The number of para-hydroxylation sites is 4. The van der Waals surface area contributed by atoms with Crippen LogP contribution in [0.5, 0.6) is 17.2 Å². The average Bonchev–Trinajstić information content (AvgIpc) is 1.58. The third-order valence-electron chi connectivity index (χ3n) is 21.3. The van der Waals surface area contributed by atoms with Crippen LogP contribution in [0, 0.1) is 59.2 Å². The predicted molar refractivity (Wildman–Crippen MR) is 413 cm³/mol. The molecule has 0 unspecified atom stereocenters. The maximum absolute atomic E-state index is 13.6. The molecule has 0 spiro atoms. The van der Waals surface area contributed by atoms with Gasteiger partial charge in [0.15, 0.2) is 0 Å². The lowest BCUT2D eigenvalue weighted by Gasteiger charge is -2.28. The first-order valence-corrected chi connectivity index (χ1v) is 36.9. The summed E-state index contributed by atoms with van der Waals surface area (Å²) >= 11 is 0. The molecule has 8 aromatic carbocycles. The van der Waals surface area contributed by atoms with Gasteiger partial charge in [-0.25, -0.2) is 21.4 Å². The fourth-order valence-corrected chi connectivity index (χ4v) is 15.2. The number of aliphatic hydroxyl groups is 1. The van der Waals surface area contributed by atoms with Crippen LogP contribution in [0.1, 0.15) is 94.2 Å². The molecule has 0 bridgehead atoms. The van der Waals surface area contributed by atoms with Crippen molar-refractivity contribution in [2.45, 2.75) is 98.0 Å². The van der Waals surface area contributed by atoms with Crippen molar-refractivity contribution in [2.24, 2.45) is 34.0 Å². The minimum absolute atomic E-state index is 0.0929. The van der Waals surface area contributed by atoms with Gasteiger partial charge in [-0.05, 0) is 174 Å². The quantitative estimate of drug-likeness (QED) is 0.0150. The molecule has 15 rings (SSSR count). The van der Waals surface area contributed by atoms with Gasteiger partial charge in [0, 0.05) is 56.3 Å². The molecule has 3 saturated carbocycles. The first-order chi connectivity index (χ1) is 53.9. The lowest BCUT2D eigenvalue weighted by Crippen LogP contribution is -2.44. The number of anilines is 1. The van der Waals surface area contributed by atoms with Crippen LogP contribution in [-0.2, 0) is 67.8 Å². The highest BCUT2D eigenvalue weighted by molar-refractivity contribution is 6.06. The van der Waals surface area contributed by atoms with E-state index < -0.39 is 63.6 Å². The Morgan fingerprint density at radius 1 is 0.523 bits per heavy atom. The fourth-order valence-electron chi connectivity index (χ4n) is 15.2. The third kappa shape index (κ3) is 17.3. The molecule has 4 heterocycles. The Bertz CT molecular complexity index is 5300. The van der Waals surface area contributed by atoms with E-state index in [4.69, 9.17) is 34.3 Å². The minimum atomic E-state index is -1.01. The van der Waals surface area contributed by atoms with Crippen LogP contribution in [0.2, 0.25) is 0 Å². The molecule has 8 N–H and O–H groups in total. The van der Waals surface area contributed by atoms with Crippen molar-refractivity contribution in [3.63, 3.8) is 0 Å². The fraction of sp³-hybridized carbons (Fsp3) is 0.273. The molecule has 7 atom stereocenters. The first-order valence-electron chi connectivity index (χ1n) is 36.9. The summed E-state index contributed by atoms with van der Waals surface area (Å²) < 4.78 is 23.6. The summed E-state index contributed by atoms with van der Waals surface area (Å²) in [6.45, 7) is 7.51. The minimum Gasteiger partial charge on any atom is -0.489 e. The number of carbonyl (C=O) groups is 6. The number of fused-ring (bicyclic) bond motifs is 3. The summed E-state index contributed by atoms with van der Waals surface area (Å²) in [6.07, 6.45) is 3.88. The lowest BCUT2D eigenvalue weighted by molar-refractivity contribution is -0.151. The van der Waals surface area contributed by atoms with Crippen molar-refractivity contribution in [3.05, 3.63) is 269 Å². The number of aliphatic hydroxyl groups excluding tert-OH is 1. The van der Waals surface area contributed by atoms with Crippen LogP contribution in [0.15, 0.2) is 218 Å². The molecule has 3 aromatic heterocycles. The van der Waals surface area contributed by atoms with Crippen molar-refractivity contribution in [3.8, 4) is 34.6 Å². The van der Waals surface area contributed by atoms with Crippen LogP contribution in [0.3, 0.4) is 0 Å². The monoisotopic (exact) mass is 1490 g/mol. The number of likely N-dealkylation sites (tertiary alicyclic amines) is 1. The maximum Gasteiger partial charge on any atom is 0.313 e. The Hall–Kier alpha value is -12.5. The Kier molecular flexibility index (Phi) is 23.5. The zero-order chi connectivity index (χ0) is 77.8. The van der Waals surface area contributed by atoms with Gasteiger partial charge >= 0.3 is 5.97 Å². The van der Waals surface area contributed by atoms with E-state index in [2.05, 4.69) is 27.4 Å². The highest BCUT2D eigenvalue weighted by atomic mass is 16.5. The average molecular weight is 1490 g/mol. The number of amides is 5. The van der Waals surface area contributed by atoms with E-state index >= 15 is 0 Å². The standard InChI is InChI=1S/C33H33N3O5.C32H31N3O6.C23H21N3O3/c37-20-25-9-6-16-36(25)32(39)33(19-28(33)31(38)35-40)18-22-12-14-26(15-13-22)41-21-24-17-30(23-7-2-1-3-8-23)34-29-11-5-4-10-27(24)29;1-3-40-31(38)32(18-26(32)30(37)34-28-11-7-5-9-25(28)29(36)35-39)17-21-12-14-23(15-13-21)41-19-22-16-20(2)33-27-10-6-4-8-24(22)27;1-15-10-17(19-4-2-3-5-21(19)25-15)13-29-18-8-6-16(7-9-18)11-23(14-24)12-20(23)22(27)26-28/h1-5,7-8,10-15,17,25,28,37,40H,6,9,16,18-21H2,(H,35,38);4-16,26,39H,3,17-19H2,1-2H3,(H,34,37)(H,35,36);2-10,20,28H,11-13H2,1H3,(H,26,27)/t25-,28-,33+;26-,32+;20-,23-/m111/s1. The maximum atomic E-state index is 13.6. The van der Waals surface area contributed by atoms with Crippen LogP contribution in [-0.4, -0.2) is 102 Å². The molecule has 23 heteroatoms. The number of aromatic nitrogens is 3. The second-order valence-corrected chi connectivity index (χ2v) is 28.7. The van der Waals surface area contributed by atoms with E-state index in [1.54, 1.807) is 46.5 Å². The highest BCUT2D eigenvalue weighted by Gasteiger charge is 2.66. The van der Waals surface area contributed by atoms with Gasteiger partial charge < -0.3 is 34.3 Å². The Labute approximate surface area is 641 Å². The zero-order valence-electron chi connectivity index (χ0n) is 61.6. The molecule has 3 aliphatic carbocycles. The molecule has 4 fully saturated rings. The van der Waals surface area contributed by atoms with E-state index in [9.17, 15) is 44.3 Å². The third-order valence-corrected chi connectivity index (χ3v) is 21.3. The van der Waals surface area contributed by atoms with Crippen LogP contribution in [0.4, 0.5) is 5.69 Å². The SMILES string of the molecule is CCOC(=O)[C@@]1(Cc2ccc(OCc3cc(C)nc4ccccc34)cc2)C[C@@H]1C(=O)Nc1ccccc1C(=O)NO.Cc1cc(COc2ccc(C[C@]3(C#N)C[C@@H]3C(=O)NO)cc2)c2ccccc2n1.O=C(NO)[C@H]1C[C@]1(Cc1ccc(OCc2cc(-c3ccccc3)nc3ccccc23)cc1)C(=O)N1CCC[C@@H]1CO. The topological polar surface area (TPSA) is 334 Å². The number of ether oxygens (including phenoxy) is 4. The molecule has 0 radical (unpaired) electrons. The van der Waals surface area contributed by atoms with Gasteiger partial charge in [-0.2, -0.15) is 5.26 Å². The number of nitrogens with one attached hydrogen (secondary N) is 4. The molecule has 566 valence electrons. The van der Waals surface area contributed by atoms with E-state index in [-0.39, 0.29) is 36.4 Å². The summed E-state index contributed by atoms with van der Waals surface area (Å²) in [5.74, 6) is -2.32. The molecule has 111 heavy (non-hydrogen) atoms. The van der Waals surface area contributed by atoms with E-state index in [1.807, 2.05) is 202 Å². The van der Waals surface area contributed by atoms with Crippen molar-refractivity contribution in [1.29, 1.82) is 5.26 Å². The smallest absolute Gasteiger partial charge is 0.313 e. The van der Waals surface area contributed by atoms with Crippen molar-refractivity contribution in [1.82, 2.24) is 36.3 Å². The Morgan fingerprint density at radius 2 is 0.982 bits per heavy atom. The van der Waals surface area contributed by atoms with Crippen molar-refractivity contribution >= 4 is 73.9 Å². The number of aryl methyl sites for hydroxylation is 2. The van der Waals surface area contributed by atoms with Gasteiger partial charge in [0.25, 0.3) is 5.91 Å². The van der Waals surface area contributed by atoms with Crippen molar-refractivity contribution in [2.75, 3.05) is 25.1 Å². The number of benzene rings is 8. The van der Waals surface area contributed by atoms with Crippen molar-refractivity contribution < 1.29 is 68.4 Å². The second kappa shape index (κ2) is 34.0. The Balaban J connectivity index is 0.000000148. The molecule has 4 aliphatic rings. The zero-order valence-corrected chi connectivity index (χ0v) is 61.6. The largest absolute Gasteiger partial charge is 0.489 e. The van der Waals surface area contributed by atoms with Gasteiger partial charge in [-0.15, -0.1) is 0 Å². The lowest BCUT2D eigenvalue weighted by atomic mass is 9.91. The summed E-state index contributed by atoms with van der Waals surface area (Å²) in [4.78, 5) is 91.5. The summed E-state index contributed by atoms with van der Waals surface area (Å²) in [6, 6.07) is 71.2. The van der Waals surface area contributed by atoms with Gasteiger partial charge in [0.2, 0.25) is 23.6 Å². The van der Waals surface area contributed by atoms with E-state index in [1.165, 1.54) is 6.07 Å². The van der Waals surface area contributed by atoms with E-state index in [0.29, 0.717) is 76.4 Å². The second-order valence-electron chi connectivity index (χ2n) is 28.7. The van der Waals surface area contributed by atoms with Gasteiger partial charge in [0.05, 0.1) is 92.8 Å². The molecular weight excluding hydrogens is 1410 g/mol. The molecule has 1 saturated heterocycles. The number of hydroxylamine groups is 3. The number of rotatable bonds is 25. The molecule has 5 amide bonds. The molecular formula is C88H85N9O14. The van der Waals surface area contributed by atoms with Crippen LogP contribution >= 0.6 is 0 Å².